The lowest BCUT2D eigenvalue weighted by Gasteiger charge is -2.33. The van der Waals surface area contributed by atoms with Crippen molar-refractivity contribution in [1.29, 1.82) is 0 Å². The molecule has 2 amide bonds. The number of nitrogens with zero attached hydrogens (tertiary/aromatic N) is 2. The molecule has 3 aromatic carbocycles. The van der Waals surface area contributed by atoms with Crippen molar-refractivity contribution in [3.8, 4) is 0 Å². The van der Waals surface area contributed by atoms with Crippen LogP contribution in [0, 0.1) is 12.7 Å². The van der Waals surface area contributed by atoms with E-state index in [1.165, 1.54) is 30.1 Å². The molecule has 190 valence electrons. The first kappa shape index (κ1) is 26.9. The molecule has 3 rings (SSSR count). The lowest BCUT2D eigenvalue weighted by atomic mass is 10.0. The van der Waals surface area contributed by atoms with Gasteiger partial charge in [0, 0.05) is 20.0 Å². The van der Waals surface area contributed by atoms with Crippen LogP contribution in [0.4, 0.5) is 10.1 Å². The van der Waals surface area contributed by atoms with Gasteiger partial charge in [-0.05, 0) is 30.2 Å². The molecule has 0 aliphatic rings. The number of carbonyl (C=O) groups is 2. The normalized spacial score (nSPS) is 12.0. The molecule has 1 N–H and O–H groups in total. The number of carbonyl (C=O) groups excluding carboxylic acids is 2. The van der Waals surface area contributed by atoms with Crippen molar-refractivity contribution in [3.63, 3.8) is 0 Å². The summed E-state index contributed by atoms with van der Waals surface area (Å²) in [5, 5.41) is 2.62. The van der Waals surface area contributed by atoms with Gasteiger partial charge in [-0.1, -0.05) is 72.3 Å². The maximum absolute atomic E-state index is 14.5. The fraction of sp³-hybridized carbons (Fsp3) is 0.259. The standard InChI is InChI=1S/C27H30FN3O4S/c1-20-13-15-22(16-14-20)18-30(25(27(33)29-2)17-21-9-5-4-6-10-21)26(32)19-31(36(3,34)35)24-12-8-7-11-23(24)28/h4-16,25H,17-19H2,1-3H3,(H,29,33)/t25-/m0/s1. The van der Waals surface area contributed by atoms with Crippen molar-refractivity contribution in [2.45, 2.75) is 25.9 Å². The third-order valence-corrected chi connectivity index (χ3v) is 6.92. The Bertz CT molecular complexity index is 1300. The number of nitrogens with one attached hydrogen (secondary N) is 1. The fourth-order valence-electron chi connectivity index (χ4n) is 3.86. The fourth-order valence-corrected chi connectivity index (χ4v) is 4.71. The minimum Gasteiger partial charge on any atom is -0.357 e. The molecular formula is C27H30FN3O4S. The molecule has 0 bridgehead atoms. The molecule has 0 unspecified atom stereocenters. The molecule has 0 fully saturated rings. The maximum Gasteiger partial charge on any atom is 0.244 e. The molecule has 7 nitrogen and oxygen atoms in total. The van der Waals surface area contributed by atoms with Gasteiger partial charge in [0.25, 0.3) is 0 Å². The van der Waals surface area contributed by atoms with Crippen molar-refractivity contribution in [1.82, 2.24) is 10.2 Å². The van der Waals surface area contributed by atoms with Crippen LogP contribution in [0.25, 0.3) is 0 Å². The van der Waals surface area contributed by atoms with Crippen LogP contribution in [0.2, 0.25) is 0 Å². The summed E-state index contributed by atoms with van der Waals surface area (Å²) in [5.41, 5.74) is 2.41. The zero-order chi connectivity index (χ0) is 26.3. The van der Waals surface area contributed by atoms with Crippen molar-refractivity contribution < 1.29 is 22.4 Å². The van der Waals surface area contributed by atoms with E-state index in [0.29, 0.717) is 0 Å². The number of sulfonamides is 1. The number of rotatable bonds is 10. The molecule has 0 heterocycles. The van der Waals surface area contributed by atoms with E-state index in [4.69, 9.17) is 0 Å². The van der Waals surface area contributed by atoms with Gasteiger partial charge in [0.1, 0.15) is 18.4 Å². The summed E-state index contributed by atoms with van der Waals surface area (Å²) < 4.78 is 40.5. The van der Waals surface area contributed by atoms with E-state index in [-0.39, 0.29) is 18.7 Å². The highest BCUT2D eigenvalue weighted by molar-refractivity contribution is 7.92. The first-order valence-electron chi connectivity index (χ1n) is 11.4. The van der Waals surface area contributed by atoms with Crippen LogP contribution < -0.4 is 9.62 Å². The van der Waals surface area contributed by atoms with Crippen LogP contribution in [-0.2, 0) is 32.6 Å². The van der Waals surface area contributed by atoms with Gasteiger partial charge < -0.3 is 10.2 Å². The van der Waals surface area contributed by atoms with E-state index in [9.17, 15) is 22.4 Å². The van der Waals surface area contributed by atoms with Gasteiger partial charge in [-0.3, -0.25) is 13.9 Å². The van der Waals surface area contributed by atoms with Crippen LogP contribution >= 0.6 is 0 Å². The lowest BCUT2D eigenvalue weighted by Crippen LogP contribution is -2.53. The first-order chi connectivity index (χ1) is 17.1. The average molecular weight is 512 g/mol. The van der Waals surface area contributed by atoms with Gasteiger partial charge in [0.05, 0.1) is 11.9 Å². The van der Waals surface area contributed by atoms with Gasteiger partial charge in [-0.25, -0.2) is 12.8 Å². The Morgan fingerprint density at radius 1 is 0.917 bits per heavy atom. The Kier molecular flexibility index (Phi) is 8.82. The Labute approximate surface area is 211 Å². The maximum atomic E-state index is 14.5. The summed E-state index contributed by atoms with van der Waals surface area (Å²) in [5.74, 6) is -1.79. The molecule has 0 saturated heterocycles. The number of benzene rings is 3. The van der Waals surface area contributed by atoms with E-state index in [1.54, 1.807) is 0 Å². The molecule has 1 atom stereocenters. The zero-order valence-electron chi connectivity index (χ0n) is 20.5. The first-order valence-corrected chi connectivity index (χ1v) is 13.3. The molecule has 0 saturated carbocycles. The highest BCUT2D eigenvalue weighted by Gasteiger charge is 2.33. The number of halogens is 1. The second-order valence-electron chi connectivity index (χ2n) is 8.55. The van der Waals surface area contributed by atoms with Crippen molar-refractivity contribution in [2.75, 3.05) is 24.2 Å². The SMILES string of the molecule is CNC(=O)[C@H](Cc1ccccc1)N(Cc1ccc(C)cc1)C(=O)CN(c1ccccc1F)S(C)(=O)=O. The van der Waals surface area contributed by atoms with E-state index in [0.717, 1.165) is 33.3 Å². The Morgan fingerprint density at radius 3 is 2.11 bits per heavy atom. The zero-order valence-corrected chi connectivity index (χ0v) is 21.3. The molecule has 0 spiro atoms. The van der Waals surface area contributed by atoms with Gasteiger partial charge in [0.15, 0.2) is 0 Å². The summed E-state index contributed by atoms with van der Waals surface area (Å²) in [6.45, 7) is 1.35. The smallest absolute Gasteiger partial charge is 0.244 e. The number of amides is 2. The second kappa shape index (κ2) is 11.8. The predicted octanol–water partition coefficient (Wildman–Crippen LogP) is 3.29. The minimum atomic E-state index is -4.01. The lowest BCUT2D eigenvalue weighted by molar-refractivity contribution is -0.139. The molecule has 0 aliphatic carbocycles. The molecule has 0 aromatic heterocycles. The number of hydrogen-bond acceptors (Lipinski definition) is 4. The average Bonchev–Trinajstić information content (AvgIpc) is 2.85. The second-order valence-corrected chi connectivity index (χ2v) is 10.5. The third-order valence-electron chi connectivity index (χ3n) is 5.79. The predicted molar refractivity (Wildman–Crippen MR) is 138 cm³/mol. The molecule has 3 aromatic rings. The monoisotopic (exact) mass is 511 g/mol. The van der Waals surface area contributed by atoms with E-state index >= 15 is 0 Å². The number of likely N-dealkylation sites (N-methyl/N-ethyl adjacent to an activating group) is 1. The Hall–Kier alpha value is -3.72. The van der Waals surface area contributed by atoms with Crippen LogP contribution in [-0.4, -0.2) is 51.0 Å². The number of aryl methyl sites for hydroxylation is 1. The summed E-state index contributed by atoms with van der Waals surface area (Å²) in [6, 6.07) is 21.2. The quantitative estimate of drug-likeness (QED) is 0.453. The Balaban J connectivity index is 2.03. The minimum absolute atomic E-state index is 0.0684. The topological polar surface area (TPSA) is 86.8 Å². The van der Waals surface area contributed by atoms with Crippen molar-refractivity contribution in [3.05, 3.63) is 101 Å². The van der Waals surface area contributed by atoms with Crippen molar-refractivity contribution >= 4 is 27.5 Å². The van der Waals surface area contributed by atoms with Gasteiger partial charge in [-0.15, -0.1) is 0 Å². The summed E-state index contributed by atoms with van der Waals surface area (Å²) in [6.07, 6.45) is 1.13. The molecule has 0 radical (unpaired) electrons. The van der Waals surface area contributed by atoms with Crippen LogP contribution in [0.5, 0.6) is 0 Å². The number of hydrogen-bond donors (Lipinski definition) is 1. The number of anilines is 1. The number of para-hydroxylation sites is 1. The van der Waals surface area contributed by atoms with Crippen LogP contribution in [0.15, 0.2) is 78.9 Å². The molecule has 9 heteroatoms. The van der Waals surface area contributed by atoms with Gasteiger partial charge in [-0.2, -0.15) is 0 Å². The Morgan fingerprint density at radius 2 is 1.53 bits per heavy atom. The highest BCUT2D eigenvalue weighted by atomic mass is 32.2. The molecule has 36 heavy (non-hydrogen) atoms. The van der Waals surface area contributed by atoms with E-state index in [1.807, 2.05) is 61.5 Å². The molecular weight excluding hydrogens is 481 g/mol. The van der Waals surface area contributed by atoms with Crippen LogP contribution in [0.3, 0.4) is 0 Å². The third kappa shape index (κ3) is 6.91. The van der Waals surface area contributed by atoms with Gasteiger partial charge in [0.2, 0.25) is 21.8 Å². The summed E-state index contributed by atoms with van der Waals surface area (Å²) in [7, 11) is -2.53. The van der Waals surface area contributed by atoms with Gasteiger partial charge >= 0.3 is 0 Å². The van der Waals surface area contributed by atoms with Crippen LogP contribution in [0.1, 0.15) is 16.7 Å². The largest absolute Gasteiger partial charge is 0.357 e. The van der Waals surface area contributed by atoms with E-state index < -0.39 is 40.2 Å². The highest BCUT2D eigenvalue weighted by Crippen LogP contribution is 2.23. The summed E-state index contributed by atoms with van der Waals surface area (Å²) >= 11 is 0. The summed E-state index contributed by atoms with van der Waals surface area (Å²) in [4.78, 5) is 28.1. The van der Waals surface area contributed by atoms with E-state index in [2.05, 4.69) is 5.32 Å². The van der Waals surface area contributed by atoms with Crippen molar-refractivity contribution in [2.24, 2.45) is 0 Å². The molecule has 0 aliphatic heterocycles.